The van der Waals surface area contributed by atoms with Crippen LogP contribution in [0.4, 0.5) is 0 Å². The third-order valence-electron chi connectivity index (χ3n) is 5.99. The molecule has 4 rings (SSSR count). The number of benzene rings is 1. The molecule has 3 nitrogen and oxygen atoms in total. The molecule has 0 N–H and O–H groups in total. The molecule has 2 unspecified atom stereocenters. The van der Waals surface area contributed by atoms with E-state index in [1.807, 2.05) is 24.5 Å². The molecule has 0 aliphatic heterocycles. The lowest BCUT2D eigenvalue weighted by molar-refractivity contribution is 0.541. The molecule has 2 atom stereocenters. The highest BCUT2D eigenvalue weighted by Crippen LogP contribution is 2.34. The molecule has 162 valence electrons. The zero-order valence-electron chi connectivity index (χ0n) is 19.3. The average Bonchev–Trinajstić information content (AvgIpc) is 2.81. The van der Waals surface area contributed by atoms with Gasteiger partial charge in [-0.3, -0.25) is 15.0 Å². The van der Waals surface area contributed by atoms with Crippen LogP contribution in [0.25, 0.3) is 11.4 Å². The third-order valence-corrected chi connectivity index (χ3v) is 5.99. The Morgan fingerprint density at radius 3 is 1.94 bits per heavy atom. The fourth-order valence-electron chi connectivity index (χ4n) is 4.56. The second-order valence-electron chi connectivity index (χ2n) is 9.03. The predicted molar refractivity (Wildman–Crippen MR) is 132 cm³/mol. The van der Waals surface area contributed by atoms with Crippen LogP contribution in [0.5, 0.6) is 0 Å². The largest absolute Gasteiger partial charge is 0.261 e. The first-order valence-electron chi connectivity index (χ1n) is 11.4. The lowest BCUT2D eigenvalue weighted by atomic mass is 9.82. The molecule has 0 radical (unpaired) electrons. The summed E-state index contributed by atoms with van der Waals surface area (Å²) in [7, 11) is 0. The van der Waals surface area contributed by atoms with Gasteiger partial charge >= 0.3 is 0 Å². The fourth-order valence-corrected chi connectivity index (χ4v) is 4.56. The molecule has 0 saturated heterocycles. The number of hydrogen-bond donors (Lipinski definition) is 0. The Labute approximate surface area is 191 Å². The molecule has 0 aliphatic rings. The Bertz CT molecular complexity index is 1040. The molecule has 3 heteroatoms. The van der Waals surface area contributed by atoms with E-state index in [2.05, 4.69) is 104 Å². The van der Waals surface area contributed by atoms with Crippen molar-refractivity contribution >= 4 is 0 Å². The molecule has 3 aromatic heterocycles. The van der Waals surface area contributed by atoms with Crippen molar-refractivity contribution in [2.24, 2.45) is 11.8 Å². The molecule has 0 fully saturated rings. The van der Waals surface area contributed by atoms with Crippen LogP contribution in [-0.2, 0) is 0 Å². The summed E-state index contributed by atoms with van der Waals surface area (Å²) in [6.45, 7) is 8.99. The van der Waals surface area contributed by atoms with Gasteiger partial charge in [0.15, 0.2) is 0 Å². The van der Waals surface area contributed by atoms with Crippen molar-refractivity contribution in [1.29, 1.82) is 0 Å². The van der Waals surface area contributed by atoms with Crippen LogP contribution in [0.3, 0.4) is 0 Å². The van der Waals surface area contributed by atoms with Gasteiger partial charge in [-0.25, -0.2) is 0 Å². The summed E-state index contributed by atoms with van der Waals surface area (Å²) >= 11 is 0. The van der Waals surface area contributed by atoms with Gasteiger partial charge in [0.1, 0.15) is 0 Å². The van der Waals surface area contributed by atoms with E-state index in [1.54, 1.807) is 0 Å². The summed E-state index contributed by atoms with van der Waals surface area (Å²) in [5.74, 6) is 1.32. The normalized spacial score (nSPS) is 13.3. The van der Waals surface area contributed by atoms with Crippen molar-refractivity contribution in [1.82, 2.24) is 15.0 Å². The minimum absolute atomic E-state index is 0.145. The molecular formula is C29H31N3. The molecule has 4 aromatic rings. The highest BCUT2D eigenvalue weighted by atomic mass is 14.8. The Morgan fingerprint density at radius 1 is 0.531 bits per heavy atom. The van der Waals surface area contributed by atoms with Crippen molar-refractivity contribution in [3.8, 4) is 11.4 Å². The Balaban J connectivity index is 1.73. The van der Waals surface area contributed by atoms with Crippen LogP contribution in [0.1, 0.15) is 62.0 Å². The van der Waals surface area contributed by atoms with Gasteiger partial charge in [0, 0.05) is 29.9 Å². The van der Waals surface area contributed by atoms with E-state index < -0.39 is 0 Å². The maximum Gasteiger partial charge on any atom is 0.0889 e. The van der Waals surface area contributed by atoms with E-state index in [1.165, 1.54) is 11.1 Å². The molecule has 0 amide bonds. The van der Waals surface area contributed by atoms with Crippen LogP contribution in [0, 0.1) is 11.8 Å². The predicted octanol–water partition coefficient (Wildman–Crippen LogP) is 7.11. The van der Waals surface area contributed by atoms with Crippen LogP contribution in [-0.4, -0.2) is 15.0 Å². The van der Waals surface area contributed by atoms with Crippen LogP contribution >= 0.6 is 0 Å². The summed E-state index contributed by atoms with van der Waals surface area (Å²) < 4.78 is 0. The second-order valence-corrected chi connectivity index (χ2v) is 9.03. The first-order chi connectivity index (χ1) is 15.5. The number of nitrogens with zero attached hydrogens (tertiary/aromatic N) is 3. The number of rotatable bonds is 7. The van der Waals surface area contributed by atoms with E-state index in [-0.39, 0.29) is 5.92 Å². The SMILES string of the molecule is CC(C)C(c1ccccc1)c1ccnc(-c2cccc(C(c3ccccn3)C(C)C)n2)c1. The first-order valence-corrected chi connectivity index (χ1v) is 11.4. The summed E-state index contributed by atoms with van der Waals surface area (Å²) in [5, 5.41) is 0. The summed E-state index contributed by atoms with van der Waals surface area (Å²) in [4.78, 5) is 14.4. The maximum absolute atomic E-state index is 5.06. The Kier molecular flexibility index (Phi) is 6.75. The summed E-state index contributed by atoms with van der Waals surface area (Å²) in [6.07, 6.45) is 3.77. The topological polar surface area (TPSA) is 38.7 Å². The Hall–Kier alpha value is -3.33. The van der Waals surface area contributed by atoms with Gasteiger partial charge in [-0.1, -0.05) is 70.2 Å². The third kappa shape index (κ3) is 4.77. The minimum Gasteiger partial charge on any atom is -0.261 e. The molecule has 1 aromatic carbocycles. The van der Waals surface area contributed by atoms with Crippen molar-refractivity contribution < 1.29 is 0 Å². The monoisotopic (exact) mass is 421 g/mol. The van der Waals surface area contributed by atoms with Crippen LogP contribution in [0.2, 0.25) is 0 Å². The van der Waals surface area contributed by atoms with Crippen molar-refractivity contribution in [2.75, 3.05) is 0 Å². The molecule has 32 heavy (non-hydrogen) atoms. The average molecular weight is 422 g/mol. The molecule has 3 heterocycles. The summed E-state index contributed by atoms with van der Waals surface area (Å²) in [6, 6.07) is 27.4. The smallest absolute Gasteiger partial charge is 0.0889 e. The highest BCUT2D eigenvalue weighted by molar-refractivity contribution is 5.56. The van der Waals surface area contributed by atoms with E-state index in [0.29, 0.717) is 17.8 Å². The van der Waals surface area contributed by atoms with E-state index in [9.17, 15) is 0 Å². The van der Waals surface area contributed by atoms with Crippen LogP contribution < -0.4 is 0 Å². The minimum atomic E-state index is 0.145. The lowest BCUT2D eigenvalue weighted by Gasteiger charge is -2.23. The van der Waals surface area contributed by atoms with Crippen LogP contribution in [0.15, 0.2) is 91.3 Å². The van der Waals surface area contributed by atoms with E-state index in [0.717, 1.165) is 22.8 Å². The van der Waals surface area contributed by atoms with E-state index >= 15 is 0 Å². The molecule has 0 bridgehead atoms. The zero-order valence-corrected chi connectivity index (χ0v) is 19.3. The quantitative estimate of drug-likeness (QED) is 0.319. The molecule has 0 saturated carbocycles. The van der Waals surface area contributed by atoms with Crippen molar-refractivity contribution in [3.05, 3.63) is 114 Å². The van der Waals surface area contributed by atoms with Gasteiger partial charge in [-0.2, -0.15) is 0 Å². The van der Waals surface area contributed by atoms with Gasteiger partial charge < -0.3 is 0 Å². The van der Waals surface area contributed by atoms with Crippen molar-refractivity contribution in [3.63, 3.8) is 0 Å². The van der Waals surface area contributed by atoms with Gasteiger partial charge in [0.05, 0.1) is 17.1 Å². The zero-order chi connectivity index (χ0) is 22.5. The summed E-state index contributed by atoms with van der Waals surface area (Å²) in [5.41, 5.74) is 6.51. The number of pyridine rings is 3. The number of aromatic nitrogens is 3. The van der Waals surface area contributed by atoms with Gasteiger partial charge in [0.25, 0.3) is 0 Å². The maximum atomic E-state index is 5.06. The number of hydrogen-bond acceptors (Lipinski definition) is 3. The van der Waals surface area contributed by atoms with Gasteiger partial charge in [0.2, 0.25) is 0 Å². The highest BCUT2D eigenvalue weighted by Gasteiger charge is 2.22. The first kappa shape index (κ1) is 21.9. The lowest BCUT2D eigenvalue weighted by Crippen LogP contribution is -2.12. The second kappa shape index (κ2) is 9.86. The van der Waals surface area contributed by atoms with E-state index in [4.69, 9.17) is 4.98 Å². The van der Waals surface area contributed by atoms with Gasteiger partial charge in [-0.15, -0.1) is 0 Å². The fraction of sp³-hybridized carbons (Fsp3) is 0.276. The molecule has 0 aliphatic carbocycles. The van der Waals surface area contributed by atoms with Crippen molar-refractivity contribution in [2.45, 2.75) is 39.5 Å². The Morgan fingerprint density at radius 2 is 1.25 bits per heavy atom. The van der Waals surface area contributed by atoms with Gasteiger partial charge in [-0.05, 0) is 59.4 Å². The molecule has 0 spiro atoms. The standard InChI is InChI=1S/C29H31N3/c1-20(2)28(22-11-6-5-7-12-22)23-16-18-31-27(19-23)24-14-10-15-26(32-24)29(21(3)4)25-13-8-9-17-30-25/h5-21,28-29H,1-4H3. The molecular weight excluding hydrogens is 390 g/mol.